The van der Waals surface area contributed by atoms with Gasteiger partial charge in [-0.15, -0.1) is 0 Å². The molecule has 2 aromatic rings. The number of rotatable bonds is 6. The lowest BCUT2D eigenvalue weighted by Crippen LogP contribution is -2.31. The van der Waals surface area contributed by atoms with E-state index in [2.05, 4.69) is 74.5 Å². The molecule has 0 fully saturated rings. The molecule has 0 aliphatic rings. The van der Waals surface area contributed by atoms with E-state index in [4.69, 9.17) is 5.73 Å². The van der Waals surface area contributed by atoms with Crippen molar-refractivity contribution in [3.05, 3.63) is 71.8 Å². The molecule has 0 heterocycles. The number of hydrogen-bond donors (Lipinski definition) is 1. The number of nitrogens with two attached hydrogens (primary N) is 1. The lowest BCUT2D eigenvalue weighted by atomic mass is 9.85. The summed E-state index contributed by atoms with van der Waals surface area (Å²) in [5.74, 6) is 0.472. The quantitative estimate of drug-likeness (QED) is 0.804. The molecule has 20 heavy (non-hydrogen) atoms. The molecule has 0 aliphatic carbocycles. The van der Waals surface area contributed by atoms with Crippen LogP contribution in [0.3, 0.4) is 0 Å². The van der Waals surface area contributed by atoms with Gasteiger partial charge in [0.25, 0.3) is 0 Å². The average Bonchev–Trinajstić information content (AvgIpc) is 2.44. The van der Waals surface area contributed by atoms with Crippen LogP contribution in [0.1, 0.15) is 50.2 Å². The fraction of sp³-hybridized carbons (Fsp3) is 0.368. The van der Waals surface area contributed by atoms with Gasteiger partial charge in [0.1, 0.15) is 0 Å². The van der Waals surface area contributed by atoms with Gasteiger partial charge < -0.3 is 5.73 Å². The van der Waals surface area contributed by atoms with Crippen LogP contribution in [0.5, 0.6) is 0 Å². The van der Waals surface area contributed by atoms with Crippen LogP contribution in [0.4, 0.5) is 0 Å². The zero-order chi connectivity index (χ0) is 14.4. The third-order valence-electron chi connectivity index (χ3n) is 3.72. The van der Waals surface area contributed by atoms with Crippen molar-refractivity contribution < 1.29 is 0 Å². The first-order chi connectivity index (χ1) is 9.56. The molecule has 0 bridgehead atoms. The molecular formula is C19H25N. The fourth-order valence-corrected chi connectivity index (χ4v) is 2.66. The lowest BCUT2D eigenvalue weighted by Gasteiger charge is -2.22. The molecule has 106 valence electrons. The van der Waals surface area contributed by atoms with Gasteiger partial charge in [-0.25, -0.2) is 0 Å². The molecule has 2 rings (SSSR count). The molecule has 0 aliphatic heterocycles. The van der Waals surface area contributed by atoms with E-state index in [1.807, 2.05) is 0 Å². The van der Waals surface area contributed by atoms with Crippen molar-refractivity contribution in [3.63, 3.8) is 0 Å². The molecule has 0 atom stereocenters. The monoisotopic (exact) mass is 267 g/mol. The Labute approximate surface area is 122 Å². The minimum Gasteiger partial charge on any atom is -0.326 e. The van der Waals surface area contributed by atoms with Crippen LogP contribution < -0.4 is 5.73 Å². The van der Waals surface area contributed by atoms with Crippen LogP contribution in [0, 0.1) is 0 Å². The van der Waals surface area contributed by atoms with Gasteiger partial charge in [-0.1, -0.05) is 67.1 Å². The fourth-order valence-electron chi connectivity index (χ4n) is 2.66. The smallest absolute Gasteiger partial charge is 0.00970 e. The van der Waals surface area contributed by atoms with Gasteiger partial charge in [-0.3, -0.25) is 0 Å². The van der Waals surface area contributed by atoms with E-state index in [1.165, 1.54) is 11.1 Å². The first-order valence-corrected chi connectivity index (χ1v) is 7.45. The van der Waals surface area contributed by atoms with Crippen molar-refractivity contribution in [2.24, 2.45) is 5.73 Å². The van der Waals surface area contributed by atoms with Gasteiger partial charge in [-0.2, -0.15) is 0 Å². The number of benzene rings is 2. The zero-order valence-corrected chi connectivity index (χ0v) is 12.5. The molecule has 2 N–H and O–H groups in total. The van der Waals surface area contributed by atoms with E-state index < -0.39 is 0 Å². The third kappa shape index (κ3) is 4.50. The Balaban J connectivity index is 2.13. The van der Waals surface area contributed by atoms with Crippen LogP contribution in [-0.4, -0.2) is 5.54 Å². The molecular weight excluding hydrogens is 242 g/mol. The minimum atomic E-state index is -0.0715. The Morgan fingerprint density at radius 2 is 1.30 bits per heavy atom. The van der Waals surface area contributed by atoms with Gasteiger partial charge in [-0.05, 0) is 37.8 Å². The van der Waals surface area contributed by atoms with E-state index in [0.717, 1.165) is 19.3 Å². The van der Waals surface area contributed by atoms with Crippen molar-refractivity contribution in [1.29, 1.82) is 0 Å². The van der Waals surface area contributed by atoms with Crippen molar-refractivity contribution in [1.82, 2.24) is 0 Å². The summed E-state index contributed by atoms with van der Waals surface area (Å²) in [7, 11) is 0. The van der Waals surface area contributed by atoms with E-state index in [1.54, 1.807) is 0 Å². The standard InChI is InChI=1S/C19H25N/c1-19(2,20)15-9-14-18(16-10-5-3-6-11-16)17-12-7-4-8-13-17/h3-8,10-13,18H,9,14-15,20H2,1-2H3. The summed E-state index contributed by atoms with van der Waals surface area (Å²) in [4.78, 5) is 0. The predicted octanol–water partition coefficient (Wildman–Crippen LogP) is 4.73. The molecule has 1 heteroatoms. The molecule has 0 amide bonds. The molecule has 0 saturated heterocycles. The summed E-state index contributed by atoms with van der Waals surface area (Å²) in [5.41, 5.74) is 8.82. The normalized spacial score (nSPS) is 11.8. The van der Waals surface area contributed by atoms with Gasteiger partial charge in [0.2, 0.25) is 0 Å². The second-order valence-corrected chi connectivity index (χ2v) is 6.25. The topological polar surface area (TPSA) is 26.0 Å². The highest BCUT2D eigenvalue weighted by Gasteiger charge is 2.16. The van der Waals surface area contributed by atoms with Gasteiger partial charge >= 0.3 is 0 Å². The average molecular weight is 267 g/mol. The summed E-state index contributed by atoms with van der Waals surface area (Å²) in [6.07, 6.45) is 3.36. The Kier molecular flexibility index (Phi) is 4.97. The van der Waals surface area contributed by atoms with Crippen LogP contribution in [0.2, 0.25) is 0 Å². The molecule has 0 aromatic heterocycles. The Hall–Kier alpha value is -1.60. The minimum absolute atomic E-state index is 0.0715. The summed E-state index contributed by atoms with van der Waals surface area (Å²) >= 11 is 0. The summed E-state index contributed by atoms with van der Waals surface area (Å²) in [6.45, 7) is 4.21. The molecule has 0 spiro atoms. The molecule has 0 saturated carbocycles. The summed E-state index contributed by atoms with van der Waals surface area (Å²) < 4.78 is 0. The molecule has 2 aromatic carbocycles. The van der Waals surface area contributed by atoms with Crippen molar-refractivity contribution in [2.75, 3.05) is 0 Å². The molecule has 0 radical (unpaired) electrons. The first-order valence-electron chi connectivity index (χ1n) is 7.45. The highest BCUT2D eigenvalue weighted by molar-refractivity contribution is 5.32. The van der Waals surface area contributed by atoms with Crippen LogP contribution >= 0.6 is 0 Å². The largest absolute Gasteiger partial charge is 0.326 e. The van der Waals surface area contributed by atoms with Crippen molar-refractivity contribution in [3.8, 4) is 0 Å². The highest BCUT2D eigenvalue weighted by Crippen LogP contribution is 2.30. The Bertz CT molecular complexity index is 457. The third-order valence-corrected chi connectivity index (χ3v) is 3.72. The number of hydrogen-bond acceptors (Lipinski definition) is 1. The predicted molar refractivity (Wildman–Crippen MR) is 86.8 cm³/mol. The Morgan fingerprint density at radius 1 is 0.850 bits per heavy atom. The van der Waals surface area contributed by atoms with Crippen molar-refractivity contribution >= 4 is 0 Å². The lowest BCUT2D eigenvalue weighted by molar-refractivity contribution is 0.443. The van der Waals surface area contributed by atoms with Gasteiger partial charge in [0.05, 0.1) is 0 Å². The summed E-state index contributed by atoms with van der Waals surface area (Å²) in [5, 5.41) is 0. The van der Waals surface area contributed by atoms with Gasteiger partial charge in [0.15, 0.2) is 0 Å². The first kappa shape index (κ1) is 14.8. The van der Waals surface area contributed by atoms with E-state index >= 15 is 0 Å². The maximum atomic E-state index is 6.10. The van der Waals surface area contributed by atoms with Crippen LogP contribution in [-0.2, 0) is 0 Å². The molecule has 0 unspecified atom stereocenters. The maximum Gasteiger partial charge on any atom is 0.00970 e. The van der Waals surface area contributed by atoms with Crippen LogP contribution in [0.25, 0.3) is 0 Å². The van der Waals surface area contributed by atoms with Crippen LogP contribution in [0.15, 0.2) is 60.7 Å². The SMILES string of the molecule is CC(C)(N)CCCC(c1ccccc1)c1ccccc1. The second-order valence-electron chi connectivity index (χ2n) is 6.25. The Morgan fingerprint density at radius 3 is 1.70 bits per heavy atom. The molecule has 1 nitrogen and oxygen atoms in total. The van der Waals surface area contributed by atoms with E-state index in [9.17, 15) is 0 Å². The van der Waals surface area contributed by atoms with Gasteiger partial charge in [0, 0.05) is 11.5 Å². The zero-order valence-electron chi connectivity index (χ0n) is 12.5. The maximum absolute atomic E-state index is 6.10. The van der Waals surface area contributed by atoms with E-state index in [-0.39, 0.29) is 5.54 Å². The highest BCUT2D eigenvalue weighted by atomic mass is 14.7. The van der Waals surface area contributed by atoms with E-state index in [0.29, 0.717) is 5.92 Å². The summed E-state index contributed by atoms with van der Waals surface area (Å²) in [6, 6.07) is 21.6. The van der Waals surface area contributed by atoms with Crippen molar-refractivity contribution in [2.45, 2.75) is 44.6 Å². The second kappa shape index (κ2) is 6.71.